The molecule has 1 aromatic carbocycles. The highest BCUT2D eigenvalue weighted by Gasteiger charge is 2.06. The predicted molar refractivity (Wildman–Crippen MR) is 74.2 cm³/mol. The highest BCUT2D eigenvalue weighted by molar-refractivity contribution is 8.13. The molecule has 0 aliphatic heterocycles. The Morgan fingerprint density at radius 1 is 1.28 bits per heavy atom. The molecule has 0 aromatic heterocycles. The summed E-state index contributed by atoms with van der Waals surface area (Å²) in [6.45, 7) is 3.30. The van der Waals surface area contributed by atoms with Crippen LogP contribution in [0.15, 0.2) is 24.3 Å². The second kappa shape index (κ2) is 6.80. The van der Waals surface area contributed by atoms with Gasteiger partial charge in [0, 0.05) is 18.2 Å². The lowest BCUT2D eigenvalue weighted by atomic mass is 10.2. The Kier molecular flexibility index (Phi) is 5.38. The first kappa shape index (κ1) is 14.2. The molecule has 0 heterocycles. The fourth-order valence-electron chi connectivity index (χ4n) is 1.26. The van der Waals surface area contributed by atoms with Crippen LogP contribution in [0.3, 0.4) is 0 Å². The van der Waals surface area contributed by atoms with Crippen LogP contribution >= 0.6 is 11.8 Å². The first-order valence-electron chi connectivity index (χ1n) is 5.43. The van der Waals surface area contributed by atoms with Crippen molar-refractivity contribution in [2.24, 2.45) is 0 Å². The van der Waals surface area contributed by atoms with Crippen molar-refractivity contribution >= 4 is 34.4 Å². The summed E-state index contributed by atoms with van der Waals surface area (Å²) in [4.78, 5) is 22.1. The SMILES string of the molecule is CCSC(=O)NC(=N)c1ccc(NC(C)=O)cc1. The fourth-order valence-corrected chi connectivity index (χ4v) is 1.70. The molecular weight excluding hydrogens is 250 g/mol. The van der Waals surface area contributed by atoms with Gasteiger partial charge in [-0.25, -0.2) is 0 Å². The van der Waals surface area contributed by atoms with E-state index in [0.717, 1.165) is 11.8 Å². The van der Waals surface area contributed by atoms with Gasteiger partial charge in [0.1, 0.15) is 5.84 Å². The van der Waals surface area contributed by atoms with Gasteiger partial charge in [0.05, 0.1) is 0 Å². The zero-order chi connectivity index (χ0) is 13.5. The minimum absolute atomic E-state index is 0.0512. The highest BCUT2D eigenvalue weighted by atomic mass is 32.2. The molecule has 0 spiro atoms. The van der Waals surface area contributed by atoms with Crippen molar-refractivity contribution < 1.29 is 9.59 Å². The molecule has 2 amide bonds. The second-order valence-corrected chi connectivity index (χ2v) is 4.72. The first-order chi connectivity index (χ1) is 8.52. The van der Waals surface area contributed by atoms with Crippen LogP contribution < -0.4 is 10.6 Å². The van der Waals surface area contributed by atoms with Crippen molar-refractivity contribution in [3.63, 3.8) is 0 Å². The topological polar surface area (TPSA) is 82.1 Å². The average Bonchev–Trinajstić information content (AvgIpc) is 2.29. The molecule has 6 heteroatoms. The van der Waals surface area contributed by atoms with Crippen LogP contribution in [0.25, 0.3) is 0 Å². The third kappa shape index (κ3) is 4.58. The molecule has 0 fully saturated rings. The Labute approximate surface area is 110 Å². The van der Waals surface area contributed by atoms with E-state index in [4.69, 9.17) is 5.41 Å². The molecule has 0 bridgehead atoms. The van der Waals surface area contributed by atoms with Crippen LogP contribution in [-0.4, -0.2) is 22.7 Å². The Morgan fingerprint density at radius 3 is 2.39 bits per heavy atom. The lowest BCUT2D eigenvalue weighted by molar-refractivity contribution is -0.114. The van der Waals surface area contributed by atoms with Gasteiger partial charge in [-0.15, -0.1) is 0 Å². The lowest BCUT2D eigenvalue weighted by Gasteiger charge is -2.07. The zero-order valence-electron chi connectivity index (χ0n) is 10.2. The summed E-state index contributed by atoms with van der Waals surface area (Å²) < 4.78 is 0. The van der Waals surface area contributed by atoms with Crippen molar-refractivity contribution in [3.8, 4) is 0 Å². The monoisotopic (exact) mass is 265 g/mol. The molecule has 0 saturated carbocycles. The summed E-state index contributed by atoms with van der Waals surface area (Å²) >= 11 is 1.12. The van der Waals surface area contributed by atoms with Crippen molar-refractivity contribution in [2.75, 3.05) is 11.1 Å². The van der Waals surface area contributed by atoms with Gasteiger partial charge in [-0.1, -0.05) is 18.7 Å². The van der Waals surface area contributed by atoms with Crippen LogP contribution in [0.2, 0.25) is 0 Å². The molecule has 0 aliphatic rings. The Bertz CT molecular complexity index is 457. The molecule has 0 unspecified atom stereocenters. The van der Waals surface area contributed by atoms with Crippen LogP contribution in [0, 0.1) is 5.41 Å². The van der Waals surface area contributed by atoms with Crippen molar-refractivity contribution in [1.82, 2.24) is 5.32 Å². The highest BCUT2D eigenvalue weighted by Crippen LogP contribution is 2.10. The van der Waals surface area contributed by atoms with Crippen molar-refractivity contribution in [3.05, 3.63) is 29.8 Å². The third-order valence-corrected chi connectivity index (χ3v) is 2.65. The quantitative estimate of drug-likeness (QED) is 0.580. The Morgan fingerprint density at radius 2 is 1.89 bits per heavy atom. The number of amides is 2. The van der Waals surface area contributed by atoms with Crippen LogP contribution in [0.5, 0.6) is 0 Å². The second-order valence-electron chi connectivity index (χ2n) is 3.48. The molecule has 0 aliphatic carbocycles. The maximum atomic E-state index is 11.3. The minimum atomic E-state index is -0.242. The first-order valence-corrected chi connectivity index (χ1v) is 6.42. The van der Waals surface area contributed by atoms with Gasteiger partial charge in [-0.2, -0.15) is 0 Å². The van der Waals surface area contributed by atoms with E-state index in [0.29, 0.717) is 17.0 Å². The Balaban J connectivity index is 2.64. The van der Waals surface area contributed by atoms with E-state index in [1.165, 1.54) is 6.92 Å². The van der Waals surface area contributed by atoms with Crippen molar-refractivity contribution in [2.45, 2.75) is 13.8 Å². The van der Waals surface area contributed by atoms with Gasteiger partial charge in [0.15, 0.2) is 0 Å². The number of amidine groups is 1. The van der Waals surface area contributed by atoms with E-state index in [2.05, 4.69) is 10.6 Å². The largest absolute Gasteiger partial charge is 0.326 e. The van der Waals surface area contributed by atoms with Crippen LogP contribution in [0.1, 0.15) is 19.4 Å². The zero-order valence-corrected chi connectivity index (χ0v) is 11.1. The number of carbonyl (C=O) groups is 2. The smallest absolute Gasteiger partial charge is 0.284 e. The normalized spacial score (nSPS) is 9.67. The van der Waals surface area contributed by atoms with Crippen LogP contribution in [-0.2, 0) is 4.79 Å². The average molecular weight is 265 g/mol. The number of anilines is 1. The molecule has 0 atom stereocenters. The number of benzene rings is 1. The molecule has 96 valence electrons. The van der Waals surface area contributed by atoms with Crippen molar-refractivity contribution in [1.29, 1.82) is 5.41 Å². The van der Waals surface area contributed by atoms with E-state index < -0.39 is 0 Å². The van der Waals surface area contributed by atoms with Crippen LogP contribution in [0.4, 0.5) is 10.5 Å². The number of carbonyl (C=O) groups excluding carboxylic acids is 2. The molecule has 0 radical (unpaired) electrons. The minimum Gasteiger partial charge on any atom is -0.326 e. The van der Waals surface area contributed by atoms with Gasteiger partial charge in [-0.3, -0.25) is 15.0 Å². The fraction of sp³-hybridized carbons (Fsp3) is 0.250. The van der Waals surface area contributed by atoms with Gasteiger partial charge in [0.25, 0.3) is 5.24 Å². The van der Waals surface area contributed by atoms with E-state index in [9.17, 15) is 9.59 Å². The number of nitrogens with one attached hydrogen (secondary N) is 3. The number of hydrogen-bond acceptors (Lipinski definition) is 4. The maximum Gasteiger partial charge on any atom is 0.284 e. The third-order valence-electron chi connectivity index (χ3n) is 2.00. The lowest BCUT2D eigenvalue weighted by Crippen LogP contribution is -2.27. The summed E-state index contributed by atoms with van der Waals surface area (Å²) in [5, 5.41) is 12.6. The molecule has 1 rings (SSSR count). The van der Waals surface area contributed by atoms with Gasteiger partial charge in [0.2, 0.25) is 5.91 Å². The molecule has 18 heavy (non-hydrogen) atoms. The summed E-state index contributed by atoms with van der Waals surface area (Å²) in [6, 6.07) is 6.71. The number of thioether (sulfide) groups is 1. The van der Waals surface area contributed by atoms with Gasteiger partial charge < -0.3 is 10.6 Å². The molecule has 3 N–H and O–H groups in total. The number of rotatable bonds is 3. The number of hydrogen-bond donors (Lipinski definition) is 3. The maximum absolute atomic E-state index is 11.3. The standard InChI is InChI=1S/C12H15N3O2S/c1-3-18-12(17)15-11(13)9-4-6-10(7-5-9)14-8(2)16/h4-7H,3H2,1-2H3,(H,14,16)(H2,13,15,17). The van der Waals surface area contributed by atoms with Gasteiger partial charge in [-0.05, 0) is 30.0 Å². The molecular formula is C12H15N3O2S. The van der Waals surface area contributed by atoms with E-state index in [-0.39, 0.29) is 17.0 Å². The van der Waals surface area contributed by atoms with E-state index >= 15 is 0 Å². The summed E-state index contributed by atoms with van der Waals surface area (Å²) in [7, 11) is 0. The van der Waals surface area contributed by atoms with E-state index in [1.807, 2.05) is 6.92 Å². The summed E-state index contributed by atoms with van der Waals surface area (Å²) in [5.74, 6) is 0.571. The molecule has 5 nitrogen and oxygen atoms in total. The Hall–Kier alpha value is -1.82. The van der Waals surface area contributed by atoms with Gasteiger partial charge >= 0.3 is 0 Å². The van der Waals surface area contributed by atoms with E-state index in [1.54, 1.807) is 24.3 Å². The molecule has 0 saturated heterocycles. The molecule has 1 aromatic rings. The predicted octanol–water partition coefficient (Wildman–Crippen LogP) is 2.43. The summed E-state index contributed by atoms with van der Waals surface area (Å²) in [6.07, 6.45) is 0. The summed E-state index contributed by atoms with van der Waals surface area (Å²) in [5.41, 5.74) is 1.25.